The molecule has 0 saturated carbocycles. The highest BCUT2D eigenvalue weighted by Gasteiger charge is 2.34. The number of sulfonamides is 1. The molecule has 0 aliphatic heterocycles. The maximum Gasteiger partial charge on any atom is 0.264 e. The molecular formula is C29H33BrClN3O4S. The van der Waals surface area contributed by atoms with E-state index in [1.807, 2.05) is 52.0 Å². The number of amides is 2. The van der Waals surface area contributed by atoms with Crippen molar-refractivity contribution in [3.63, 3.8) is 0 Å². The van der Waals surface area contributed by atoms with Crippen molar-refractivity contribution in [2.24, 2.45) is 0 Å². The van der Waals surface area contributed by atoms with Crippen LogP contribution in [0.5, 0.6) is 0 Å². The van der Waals surface area contributed by atoms with E-state index in [4.69, 9.17) is 11.6 Å². The molecule has 0 heterocycles. The minimum absolute atomic E-state index is 0.0267. The summed E-state index contributed by atoms with van der Waals surface area (Å²) in [6, 6.07) is 19.3. The van der Waals surface area contributed by atoms with Gasteiger partial charge in [0.25, 0.3) is 10.0 Å². The lowest BCUT2D eigenvalue weighted by Gasteiger charge is -2.33. The van der Waals surface area contributed by atoms with Crippen molar-refractivity contribution in [1.82, 2.24) is 10.2 Å². The molecule has 208 valence electrons. The Kier molecular flexibility index (Phi) is 9.85. The largest absolute Gasteiger partial charge is 0.350 e. The van der Waals surface area contributed by atoms with E-state index in [-0.39, 0.29) is 28.1 Å². The van der Waals surface area contributed by atoms with Gasteiger partial charge in [-0.3, -0.25) is 13.9 Å². The zero-order valence-corrected chi connectivity index (χ0v) is 25.8. The smallest absolute Gasteiger partial charge is 0.264 e. The number of halogens is 2. The highest BCUT2D eigenvalue weighted by atomic mass is 79.9. The molecule has 10 heteroatoms. The summed E-state index contributed by atoms with van der Waals surface area (Å²) in [6.07, 6.45) is 0. The zero-order chi connectivity index (χ0) is 29.0. The van der Waals surface area contributed by atoms with Crippen LogP contribution >= 0.6 is 27.5 Å². The minimum atomic E-state index is -4.18. The first-order chi connectivity index (χ1) is 18.2. The van der Waals surface area contributed by atoms with Gasteiger partial charge in [-0.2, -0.15) is 0 Å². The number of para-hydroxylation sites is 1. The fraction of sp³-hybridized carbons (Fsp3) is 0.310. The van der Waals surface area contributed by atoms with Gasteiger partial charge in [0.15, 0.2) is 0 Å². The zero-order valence-electron chi connectivity index (χ0n) is 22.6. The number of nitrogens with zero attached hydrogens (tertiary/aromatic N) is 2. The molecule has 2 amide bonds. The standard InChI is InChI=1S/C29H33BrClN3O4S/c1-20-10-16-24(17-11-20)39(37,38)34(26-9-7-6-8-25(26)31)19-27(35)33(18-22-12-14-23(30)15-13-22)21(2)28(36)32-29(3,4)5/h6-17,21H,18-19H2,1-5H3,(H,32,36). The van der Waals surface area contributed by atoms with Gasteiger partial charge in [0.2, 0.25) is 11.8 Å². The number of hydrogen-bond donors (Lipinski definition) is 1. The van der Waals surface area contributed by atoms with Crippen LogP contribution in [0.15, 0.2) is 82.2 Å². The molecule has 0 aliphatic rings. The number of nitrogens with one attached hydrogen (secondary N) is 1. The molecule has 3 aromatic carbocycles. The Hall–Kier alpha value is -2.88. The lowest BCUT2D eigenvalue weighted by atomic mass is 10.1. The second kappa shape index (κ2) is 12.5. The molecule has 0 aromatic heterocycles. The summed E-state index contributed by atoms with van der Waals surface area (Å²) in [5, 5.41) is 3.09. The summed E-state index contributed by atoms with van der Waals surface area (Å²) in [6.45, 7) is 8.60. The molecule has 0 spiro atoms. The van der Waals surface area contributed by atoms with E-state index in [0.29, 0.717) is 0 Å². The second-order valence-corrected chi connectivity index (χ2v) is 13.5. The number of rotatable bonds is 9. The van der Waals surface area contributed by atoms with E-state index in [9.17, 15) is 18.0 Å². The van der Waals surface area contributed by atoms with Crippen molar-refractivity contribution in [2.45, 2.75) is 57.6 Å². The first-order valence-electron chi connectivity index (χ1n) is 12.4. The summed E-state index contributed by atoms with van der Waals surface area (Å²) in [5.74, 6) is -0.899. The lowest BCUT2D eigenvalue weighted by molar-refractivity contribution is -0.140. The summed E-state index contributed by atoms with van der Waals surface area (Å²) in [4.78, 5) is 28.5. The number of aryl methyl sites for hydroxylation is 1. The molecule has 0 radical (unpaired) electrons. The number of carbonyl (C=O) groups is 2. The average molecular weight is 635 g/mol. The van der Waals surface area contributed by atoms with Crippen LogP contribution in [0.2, 0.25) is 5.02 Å². The summed E-state index contributed by atoms with van der Waals surface area (Å²) < 4.78 is 29.6. The van der Waals surface area contributed by atoms with Crippen molar-refractivity contribution in [3.8, 4) is 0 Å². The van der Waals surface area contributed by atoms with Crippen molar-refractivity contribution in [2.75, 3.05) is 10.8 Å². The third-order valence-corrected chi connectivity index (χ3v) is 8.56. The normalized spacial score (nSPS) is 12.5. The van der Waals surface area contributed by atoms with E-state index >= 15 is 0 Å². The van der Waals surface area contributed by atoms with Gasteiger partial charge in [-0.1, -0.05) is 69.5 Å². The number of anilines is 1. The Balaban J connectivity index is 2.04. The average Bonchev–Trinajstić information content (AvgIpc) is 2.86. The Morgan fingerprint density at radius 2 is 1.56 bits per heavy atom. The van der Waals surface area contributed by atoms with Gasteiger partial charge in [0.05, 0.1) is 15.6 Å². The number of hydrogen-bond acceptors (Lipinski definition) is 4. The van der Waals surface area contributed by atoms with E-state index < -0.39 is 34.1 Å². The Bertz CT molecular complexity index is 1420. The van der Waals surface area contributed by atoms with E-state index in [1.165, 1.54) is 17.0 Å². The molecule has 3 rings (SSSR count). The number of benzene rings is 3. The van der Waals surface area contributed by atoms with Crippen LogP contribution in [0.4, 0.5) is 5.69 Å². The highest BCUT2D eigenvalue weighted by molar-refractivity contribution is 9.10. The van der Waals surface area contributed by atoms with Gasteiger partial charge < -0.3 is 10.2 Å². The second-order valence-electron chi connectivity index (χ2n) is 10.3. The van der Waals surface area contributed by atoms with Gasteiger partial charge in [0, 0.05) is 16.6 Å². The molecule has 3 aromatic rings. The molecule has 0 aliphatic carbocycles. The Morgan fingerprint density at radius 1 is 0.974 bits per heavy atom. The monoisotopic (exact) mass is 633 g/mol. The van der Waals surface area contributed by atoms with Gasteiger partial charge >= 0.3 is 0 Å². The van der Waals surface area contributed by atoms with Gasteiger partial charge in [-0.15, -0.1) is 0 Å². The van der Waals surface area contributed by atoms with Crippen LogP contribution in [0.25, 0.3) is 0 Å². The molecule has 0 fully saturated rings. The third kappa shape index (κ3) is 8.06. The van der Waals surface area contributed by atoms with E-state index in [2.05, 4.69) is 21.2 Å². The van der Waals surface area contributed by atoms with E-state index in [1.54, 1.807) is 43.3 Å². The molecule has 0 bridgehead atoms. The van der Waals surface area contributed by atoms with E-state index in [0.717, 1.165) is 19.9 Å². The molecule has 1 unspecified atom stereocenters. The van der Waals surface area contributed by atoms with Crippen LogP contribution < -0.4 is 9.62 Å². The maximum absolute atomic E-state index is 13.9. The fourth-order valence-corrected chi connectivity index (χ4v) is 5.83. The van der Waals surface area contributed by atoms with Crippen LogP contribution in [0, 0.1) is 6.92 Å². The van der Waals surface area contributed by atoms with Crippen molar-refractivity contribution in [1.29, 1.82) is 0 Å². The van der Waals surface area contributed by atoms with Crippen molar-refractivity contribution < 1.29 is 18.0 Å². The van der Waals surface area contributed by atoms with Crippen molar-refractivity contribution >= 4 is 55.1 Å². The Morgan fingerprint density at radius 3 is 2.13 bits per heavy atom. The summed E-state index contributed by atoms with van der Waals surface area (Å²) in [5.41, 5.74) is 1.33. The molecule has 39 heavy (non-hydrogen) atoms. The molecule has 1 atom stereocenters. The maximum atomic E-state index is 13.9. The van der Waals surface area contributed by atoms with Crippen molar-refractivity contribution in [3.05, 3.63) is 93.4 Å². The SMILES string of the molecule is Cc1ccc(S(=O)(=O)N(CC(=O)N(Cc2ccc(Br)cc2)C(C)C(=O)NC(C)(C)C)c2ccccc2Cl)cc1. The van der Waals surface area contributed by atoms with Gasteiger partial charge in [-0.25, -0.2) is 8.42 Å². The predicted octanol–water partition coefficient (Wildman–Crippen LogP) is 5.94. The third-order valence-electron chi connectivity index (χ3n) is 5.94. The molecule has 0 saturated heterocycles. The van der Waals surface area contributed by atoms with Gasteiger partial charge in [-0.05, 0) is 76.6 Å². The quantitative estimate of drug-likeness (QED) is 0.316. The minimum Gasteiger partial charge on any atom is -0.350 e. The van der Waals surface area contributed by atoms with Gasteiger partial charge in [0.1, 0.15) is 12.6 Å². The van der Waals surface area contributed by atoms with Crippen LogP contribution in [-0.4, -0.2) is 43.3 Å². The number of carbonyl (C=O) groups excluding carboxylic acids is 2. The predicted molar refractivity (Wildman–Crippen MR) is 159 cm³/mol. The first kappa shape index (κ1) is 30.7. The topological polar surface area (TPSA) is 86.8 Å². The molecule has 7 nitrogen and oxygen atoms in total. The molecule has 1 N–H and O–H groups in total. The summed E-state index contributed by atoms with van der Waals surface area (Å²) in [7, 11) is -4.18. The van der Waals surface area contributed by atoms with Crippen LogP contribution in [-0.2, 0) is 26.2 Å². The highest BCUT2D eigenvalue weighted by Crippen LogP contribution is 2.31. The summed E-state index contributed by atoms with van der Waals surface area (Å²) >= 11 is 9.84. The lowest BCUT2D eigenvalue weighted by Crippen LogP contribution is -2.54. The van der Waals surface area contributed by atoms with Crippen LogP contribution in [0.3, 0.4) is 0 Å². The molecular weight excluding hydrogens is 602 g/mol. The fourth-order valence-electron chi connectivity index (χ4n) is 3.85. The van der Waals surface area contributed by atoms with Crippen LogP contribution in [0.1, 0.15) is 38.8 Å². The Labute approximate surface area is 244 Å². The first-order valence-corrected chi connectivity index (χ1v) is 15.0.